The minimum Gasteiger partial charge on any atom is -0.456 e. The van der Waals surface area contributed by atoms with Crippen LogP contribution in [0.15, 0.2) is 0 Å². The van der Waals surface area contributed by atoms with Crippen LogP contribution in [-0.4, -0.2) is 59.1 Å². The highest BCUT2D eigenvalue weighted by atomic mass is 79.9. The van der Waals surface area contributed by atoms with Crippen molar-refractivity contribution in [3.63, 3.8) is 0 Å². The van der Waals surface area contributed by atoms with Gasteiger partial charge in [-0.2, -0.15) is 0 Å². The fraction of sp³-hybridized carbons (Fsp3) is 0.750. The molecule has 0 aromatic rings. The third kappa shape index (κ3) is 4.94. The van der Waals surface area contributed by atoms with E-state index in [1.807, 2.05) is 0 Å². The summed E-state index contributed by atoms with van der Waals surface area (Å²) in [7, 11) is 0. The van der Waals surface area contributed by atoms with E-state index in [1.54, 1.807) is 0 Å². The number of esters is 3. The SMILES string of the molecule is CC(=O)O[C@@H]1[C@@H](OC(C)=O)[C@H](CO)O[C@@H](Br)[C@H]1OC(C)=O. The van der Waals surface area contributed by atoms with Gasteiger partial charge in [0, 0.05) is 20.8 Å². The van der Waals surface area contributed by atoms with Crippen molar-refractivity contribution in [3.8, 4) is 0 Å². The average molecular weight is 369 g/mol. The fourth-order valence-electron chi connectivity index (χ4n) is 1.99. The lowest BCUT2D eigenvalue weighted by Crippen LogP contribution is -2.60. The van der Waals surface area contributed by atoms with E-state index in [0.717, 1.165) is 0 Å². The Balaban J connectivity index is 3.08. The van der Waals surface area contributed by atoms with E-state index < -0.39 is 53.9 Å². The number of carbonyl (C=O) groups is 3. The van der Waals surface area contributed by atoms with Crippen molar-refractivity contribution in [1.82, 2.24) is 0 Å². The van der Waals surface area contributed by atoms with Gasteiger partial charge in [0.15, 0.2) is 23.3 Å². The zero-order valence-electron chi connectivity index (χ0n) is 11.8. The summed E-state index contributed by atoms with van der Waals surface area (Å²) >= 11 is 3.15. The standard InChI is InChI=1S/C12H17BrO8/c1-5(15)18-9-8(4-14)21-12(13)11(20-7(3)17)10(9)19-6(2)16/h8-12,14H,4H2,1-3H3/t8-,9-,10+,11-,12+/m0/s1. The van der Waals surface area contributed by atoms with Gasteiger partial charge < -0.3 is 24.1 Å². The Morgan fingerprint density at radius 1 is 0.952 bits per heavy atom. The van der Waals surface area contributed by atoms with E-state index in [1.165, 1.54) is 20.8 Å². The Morgan fingerprint density at radius 3 is 1.81 bits per heavy atom. The van der Waals surface area contributed by atoms with Crippen LogP contribution < -0.4 is 0 Å². The van der Waals surface area contributed by atoms with Gasteiger partial charge in [-0.15, -0.1) is 0 Å². The molecule has 0 radical (unpaired) electrons. The van der Waals surface area contributed by atoms with Gasteiger partial charge in [-0.05, 0) is 0 Å². The van der Waals surface area contributed by atoms with Crippen molar-refractivity contribution in [2.75, 3.05) is 6.61 Å². The van der Waals surface area contributed by atoms with Crippen LogP contribution in [0.5, 0.6) is 0 Å². The maximum Gasteiger partial charge on any atom is 0.303 e. The normalized spacial score (nSPS) is 32.1. The average Bonchev–Trinajstić information content (AvgIpc) is 2.35. The van der Waals surface area contributed by atoms with E-state index in [-0.39, 0.29) is 0 Å². The molecule has 0 saturated carbocycles. The van der Waals surface area contributed by atoms with Crippen molar-refractivity contribution in [2.45, 2.75) is 50.2 Å². The summed E-state index contributed by atoms with van der Waals surface area (Å²) in [6.07, 6.45) is -4.12. The van der Waals surface area contributed by atoms with Crippen LogP contribution in [0.2, 0.25) is 0 Å². The minimum absolute atomic E-state index is 0.468. The van der Waals surface area contributed by atoms with Gasteiger partial charge in [0.2, 0.25) is 0 Å². The lowest BCUT2D eigenvalue weighted by molar-refractivity contribution is -0.235. The molecule has 1 aliphatic heterocycles. The maximum atomic E-state index is 11.3. The Morgan fingerprint density at radius 2 is 1.38 bits per heavy atom. The van der Waals surface area contributed by atoms with Gasteiger partial charge in [-0.3, -0.25) is 14.4 Å². The molecule has 1 fully saturated rings. The lowest BCUT2D eigenvalue weighted by Gasteiger charge is -2.42. The number of ether oxygens (including phenoxy) is 4. The Kier molecular flexibility index (Phi) is 6.56. The van der Waals surface area contributed by atoms with Gasteiger partial charge in [-0.1, -0.05) is 15.9 Å². The molecule has 0 spiro atoms. The minimum atomic E-state index is -1.09. The van der Waals surface area contributed by atoms with Crippen molar-refractivity contribution in [1.29, 1.82) is 0 Å². The van der Waals surface area contributed by atoms with Crippen LogP contribution in [-0.2, 0) is 33.3 Å². The summed E-state index contributed by atoms with van der Waals surface area (Å²) in [5, 5.41) is 8.50. The van der Waals surface area contributed by atoms with E-state index >= 15 is 0 Å². The number of rotatable bonds is 4. The molecular formula is C12H17BrO8. The van der Waals surface area contributed by atoms with Crippen LogP contribution in [0, 0.1) is 0 Å². The second kappa shape index (κ2) is 7.71. The molecule has 5 atom stereocenters. The van der Waals surface area contributed by atoms with Gasteiger partial charge >= 0.3 is 17.9 Å². The van der Waals surface area contributed by atoms with E-state index in [9.17, 15) is 19.5 Å². The number of hydrogen-bond donors (Lipinski definition) is 1. The van der Waals surface area contributed by atoms with Crippen LogP contribution >= 0.6 is 15.9 Å². The number of hydrogen-bond acceptors (Lipinski definition) is 8. The van der Waals surface area contributed by atoms with Gasteiger partial charge in [0.1, 0.15) is 6.10 Å². The van der Waals surface area contributed by atoms with E-state index in [0.29, 0.717) is 0 Å². The second-order valence-corrected chi connectivity index (χ2v) is 5.33. The summed E-state index contributed by atoms with van der Waals surface area (Å²) in [6, 6.07) is 0. The summed E-state index contributed by atoms with van der Waals surface area (Å²) in [5.41, 5.74) is 0. The summed E-state index contributed by atoms with van der Waals surface area (Å²) < 4.78 is 20.6. The molecule has 8 nitrogen and oxygen atoms in total. The highest BCUT2D eigenvalue weighted by Gasteiger charge is 2.50. The molecule has 0 aromatic heterocycles. The first-order valence-electron chi connectivity index (χ1n) is 6.18. The fourth-order valence-corrected chi connectivity index (χ4v) is 2.67. The zero-order valence-corrected chi connectivity index (χ0v) is 13.4. The third-order valence-electron chi connectivity index (χ3n) is 2.66. The molecule has 1 aliphatic rings. The molecule has 120 valence electrons. The maximum absolute atomic E-state index is 11.3. The van der Waals surface area contributed by atoms with Gasteiger partial charge in [-0.25, -0.2) is 0 Å². The van der Waals surface area contributed by atoms with Gasteiger partial charge in [0.05, 0.1) is 6.61 Å². The molecular weight excluding hydrogens is 352 g/mol. The topological polar surface area (TPSA) is 108 Å². The molecule has 0 aromatic carbocycles. The molecule has 1 N–H and O–H groups in total. The molecule has 1 rings (SSSR count). The van der Waals surface area contributed by atoms with Crippen molar-refractivity contribution in [3.05, 3.63) is 0 Å². The molecule has 0 amide bonds. The molecule has 0 unspecified atom stereocenters. The van der Waals surface area contributed by atoms with E-state index in [2.05, 4.69) is 15.9 Å². The zero-order chi connectivity index (χ0) is 16.2. The van der Waals surface area contributed by atoms with Crippen molar-refractivity contribution < 1.29 is 38.4 Å². The number of alkyl halides is 1. The molecule has 1 saturated heterocycles. The largest absolute Gasteiger partial charge is 0.456 e. The quantitative estimate of drug-likeness (QED) is 0.416. The van der Waals surface area contributed by atoms with Crippen LogP contribution in [0.1, 0.15) is 20.8 Å². The highest BCUT2D eigenvalue weighted by Crippen LogP contribution is 2.31. The lowest BCUT2D eigenvalue weighted by atomic mass is 9.99. The number of aliphatic hydroxyl groups is 1. The molecule has 9 heteroatoms. The van der Waals surface area contributed by atoms with Crippen molar-refractivity contribution in [2.24, 2.45) is 0 Å². The van der Waals surface area contributed by atoms with E-state index in [4.69, 9.17) is 18.9 Å². The number of aliphatic hydroxyl groups excluding tert-OH is 1. The first-order valence-corrected chi connectivity index (χ1v) is 7.09. The predicted octanol–water partition coefficient (Wildman–Crippen LogP) is -0.106. The third-order valence-corrected chi connectivity index (χ3v) is 3.40. The van der Waals surface area contributed by atoms with Crippen LogP contribution in [0.25, 0.3) is 0 Å². The van der Waals surface area contributed by atoms with Crippen LogP contribution in [0.4, 0.5) is 0 Å². The Hall–Kier alpha value is -1.19. The number of halogens is 1. The van der Waals surface area contributed by atoms with Crippen molar-refractivity contribution >= 4 is 33.8 Å². The second-order valence-electron chi connectivity index (χ2n) is 4.43. The smallest absolute Gasteiger partial charge is 0.303 e. The molecule has 0 aliphatic carbocycles. The first kappa shape index (κ1) is 17.9. The summed E-state index contributed by atoms with van der Waals surface area (Å²) in [6.45, 7) is 3.05. The summed E-state index contributed by atoms with van der Waals surface area (Å²) in [4.78, 5) is 33.6. The molecule has 1 heterocycles. The first-order chi connectivity index (χ1) is 9.76. The molecule has 0 bridgehead atoms. The Labute approximate surface area is 129 Å². The predicted molar refractivity (Wildman–Crippen MR) is 71.3 cm³/mol. The monoisotopic (exact) mass is 368 g/mol. The number of carbonyl (C=O) groups excluding carboxylic acids is 3. The molecule has 21 heavy (non-hydrogen) atoms. The summed E-state index contributed by atoms with van der Waals surface area (Å²) in [5.74, 6) is -1.91. The van der Waals surface area contributed by atoms with Gasteiger partial charge in [0.25, 0.3) is 0 Å². The van der Waals surface area contributed by atoms with Crippen LogP contribution in [0.3, 0.4) is 0 Å². The Bertz CT molecular complexity index is 412. The highest BCUT2D eigenvalue weighted by molar-refractivity contribution is 9.09.